The maximum atomic E-state index is 11.0. The molecule has 2 aromatic rings. The van der Waals surface area contributed by atoms with Crippen molar-refractivity contribution in [2.45, 2.75) is 12.8 Å². The van der Waals surface area contributed by atoms with Gasteiger partial charge in [-0.2, -0.15) is 5.26 Å². The van der Waals surface area contributed by atoms with Gasteiger partial charge in [0, 0.05) is 19.2 Å². The summed E-state index contributed by atoms with van der Waals surface area (Å²) in [4.78, 5) is 21.6. The second-order valence-corrected chi connectivity index (χ2v) is 5.64. The molecule has 0 saturated carbocycles. The van der Waals surface area contributed by atoms with E-state index in [2.05, 4.69) is 26.3 Å². The quantitative estimate of drug-likeness (QED) is 0.890. The molecule has 0 bridgehead atoms. The number of nitriles is 1. The Kier molecular flexibility index (Phi) is 4.57. The van der Waals surface area contributed by atoms with Crippen molar-refractivity contribution in [2.24, 2.45) is 5.92 Å². The lowest BCUT2D eigenvalue weighted by Gasteiger charge is -2.31. The van der Waals surface area contributed by atoms with Crippen LogP contribution in [0.4, 0.5) is 17.3 Å². The number of nitrogens with one attached hydrogen (secondary N) is 1. The minimum absolute atomic E-state index is 0.275. The number of benzene rings is 1. The van der Waals surface area contributed by atoms with Gasteiger partial charge in [0.1, 0.15) is 24.0 Å². The lowest BCUT2D eigenvalue weighted by Crippen LogP contribution is -2.36. The van der Waals surface area contributed by atoms with Gasteiger partial charge < -0.3 is 15.3 Å². The minimum atomic E-state index is -0.729. The molecular formula is C17H17N5O2. The van der Waals surface area contributed by atoms with Crippen molar-refractivity contribution in [1.29, 1.82) is 5.26 Å². The molecule has 0 spiro atoms. The summed E-state index contributed by atoms with van der Waals surface area (Å²) in [7, 11) is 0. The van der Waals surface area contributed by atoms with Crippen LogP contribution in [0, 0.1) is 17.2 Å². The van der Waals surface area contributed by atoms with Crippen molar-refractivity contribution in [3.05, 3.63) is 42.2 Å². The Morgan fingerprint density at radius 3 is 2.75 bits per heavy atom. The van der Waals surface area contributed by atoms with Gasteiger partial charge in [-0.15, -0.1) is 0 Å². The highest BCUT2D eigenvalue weighted by Gasteiger charge is 2.25. The molecule has 0 aliphatic carbocycles. The molecule has 7 heteroatoms. The van der Waals surface area contributed by atoms with Crippen molar-refractivity contribution in [3.8, 4) is 6.07 Å². The molecule has 1 aromatic carbocycles. The molecule has 0 amide bonds. The largest absolute Gasteiger partial charge is 0.481 e. The number of carbonyl (C=O) groups is 1. The fraction of sp³-hybridized carbons (Fsp3) is 0.294. The first-order valence-electron chi connectivity index (χ1n) is 7.73. The van der Waals surface area contributed by atoms with Gasteiger partial charge >= 0.3 is 5.97 Å². The molecule has 2 N–H and O–H groups in total. The Hall–Kier alpha value is -3.14. The van der Waals surface area contributed by atoms with Crippen LogP contribution >= 0.6 is 0 Å². The van der Waals surface area contributed by atoms with Crippen LogP contribution in [0.15, 0.2) is 36.7 Å². The zero-order valence-corrected chi connectivity index (χ0v) is 13.0. The number of nitrogens with zero attached hydrogens (tertiary/aromatic N) is 4. The summed E-state index contributed by atoms with van der Waals surface area (Å²) in [5.74, 6) is 0.352. The lowest BCUT2D eigenvalue weighted by atomic mass is 9.97. The number of anilines is 3. The Bertz CT molecular complexity index is 779. The summed E-state index contributed by atoms with van der Waals surface area (Å²) in [5.41, 5.74) is 1.23. The van der Waals surface area contributed by atoms with Crippen molar-refractivity contribution in [2.75, 3.05) is 23.3 Å². The number of rotatable bonds is 4. The third kappa shape index (κ3) is 3.43. The van der Waals surface area contributed by atoms with E-state index in [1.807, 2.05) is 24.3 Å². The summed E-state index contributed by atoms with van der Waals surface area (Å²) < 4.78 is 0. The molecule has 3 rings (SSSR count). The summed E-state index contributed by atoms with van der Waals surface area (Å²) in [6.45, 7) is 1.31. The zero-order valence-electron chi connectivity index (χ0n) is 13.0. The molecule has 7 nitrogen and oxygen atoms in total. The molecule has 122 valence electrons. The molecule has 0 unspecified atom stereocenters. The van der Waals surface area contributed by atoms with Gasteiger partial charge in [0.05, 0.1) is 17.2 Å². The number of para-hydroxylation sites is 1. The van der Waals surface area contributed by atoms with Crippen LogP contribution in [0.5, 0.6) is 0 Å². The van der Waals surface area contributed by atoms with Crippen LogP contribution in [0.25, 0.3) is 0 Å². The van der Waals surface area contributed by atoms with E-state index in [1.165, 1.54) is 6.33 Å². The van der Waals surface area contributed by atoms with Crippen LogP contribution in [-0.4, -0.2) is 34.1 Å². The fourth-order valence-electron chi connectivity index (χ4n) is 2.77. The van der Waals surface area contributed by atoms with Crippen LogP contribution in [-0.2, 0) is 4.79 Å². The molecule has 0 radical (unpaired) electrons. The molecule has 1 aromatic heterocycles. The highest BCUT2D eigenvalue weighted by molar-refractivity contribution is 5.70. The summed E-state index contributed by atoms with van der Waals surface area (Å²) in [6.07, 6.45) is 2.69. The first-order valence-corrected chi connectivity index (χ1v) is 7.73. The van der Waals surface area contributed by atoms with Gasteiger partial charge in [0.15, 0.2) is 0 Å². The third-order valence-electron chi connectivity index (χ3n) is 4.13. The average Bonchev–Trinajstić information content (AvgIpc) is 2.62. The number of hydrogen-bond donors (Lipinski definition) is 2. The van der Waals surface area contributed by atoms with Crippen LogP contribution in [0.2, 0.25) is 0 Å². The molecular weight excluding hydrogens is 306 g/mol. The van der Waals surface area contributed by atoms with Gasteiger partial charge in [0.25, 0.3) is 0 Å². The number of hydrogen-bond acceptors (Lipinski definition) is 6. The van der Waals surface area contributed by atoms with Crippen LogP contribution in [0.3, 0.4) is 0 Å². The van der Waals surface area contributed by atoms with Gasteiger partial charge in [-0.1, -0.05) is 12.1 Å². The SMILES string of the molecule is N#Cc1ccccc1Nc1cc(N2CCC(C(=O)O)CC2)ncn1. The standard InChI is InChI=1S/C17H17N5O2/c18-10-13-3-1-2-4-14(13)21-15-9-16(20-11-19-15)22-7-5-12(6-8-22)17(23)24/h1-4,9,11-12H,5-8H2,(H,23,24)(H,19,20,21). The highest BCUT2D eigenvalue weighted by Crippen LogP contribution is 2.25. The van der Waals surface area contributed by atoms with E-state index in [9.17, 15) is 4.79 Å². The molecule has 1 aliphatic heterocycles. The second-order valence-electron chi connectivity index (χ2n) is 5.64. The Labute approximate surface area is 139 Å². The fourth-order valence-corrected chi connectivity index (χ4v) is 2.77. The summed E-state index contributed by atoms with van der Waals surface area (Å²) >= 11 is 0. The number of aliphatic carboxylic acids is 1. The minimum Gasteiger partial charge on any atom is -0.481 e. The molecule has 0 atom stereocenters. The smallest absolute Gasteiger partial charge is 0.306 e. The van der Waals surface area contributed by atoms with E-state index in [4.69, 9.17) is 10.4 Å². The lowest BCUT2D eigenvalue weighted by molar-refractivity contribution is -0.142. The maximum absolute atomic E-state index is 11.0. The van der Waals surface area contributed by atoms with E-state index in [-0.39, 0.29) is 5.92 Å². The highest BCUT2D eigenvalue weighted by atomic mass is 16.4. The van der Waals surface area contributed by atoms with E-state index in [0.29, 0.717) is 43.0 Å². The predicted molar refractivity (Wildman–Crippen MR) is 89.0 cm³/mol. The van der Waals surface area contributed by atoms with E-state index >= 15 is 0 Å². The van der Waals surface area contributed by atoms with Crippen molar-refractivity contribution in [1.82, 2.24) is 9.97 Å². The molecule has 1 aliphatic rings. The Balaban J connectivity index is 1.73. The van der Waals surface area contributed by atoms with Crippen LogP contribution in [0.1, 0.15) is 18.4 Å². The van der Waals surface area contributed by atoms with Crippen molar-refractivity contribution < 1.29 is 9.90 Å². The van der Waals surface area contributed by atoms with Crippen LogP contribution < -0.4 is 10.2 Å². The van der Waals surface area contributed by atoms with Gasteiger partial charge in [-0.3, -0.25) is 4.79 Å². The second kappa shape index (κ2) is 6.96. The van der Waals surface area contributed by atoms with Crippen molar-refractivity contribution in [3.63, 3.8) is 0 Å². The first kappa shape index (κ1) is 15.7. The number of aromatic nitrogens is 2. The normalized spacial score (nSPS) is 14.9. The number of carboxylic acid groups (broad SMARTS) is 1. The topological polar surface area (TPSA) is 102 Å². The maximum Gasteiger partial charge on any atom is 0.306 e. The van der Waals surface area contributed by atoms with Gasteiger partial charge in [-0.05, 0) is 25.0 Å². The summed E-state index contributed by atoms with van der Waals surface area (Å²) in [6, 6.07) is 11.2. The monoisotopic (exact) mass is 323 g/mol. The van der Waals surface area contributed by atoms with Gasteiger partial charge in [0.2, 0.25) is 0 Å². The predicted octanol–water partition coefficient (Wildman–Crippen LogP) is 2.39. The average molecular weight is 323 g/mol. The molecule has 1 fully saturated rings. The van der Waals surface area contributed by atoms with Crippen molar-refractivity contribution >= 4 is 23.3 Å². The zero-order chi connectivity index (χ0) is 16.9. The number of piperidine rings is 1. The number of carboxylic acids is 1. The Morgan fingerprint density at radius 2 is 2.04 bits per heavy atom. The third-order valence-corrected chi connectivity index (χ3v) is 4.13. The van der Waals surface area contributed by atoms with E-state index in [0.717, 1.165) is 5.82 Å². The van der Waals surface area contributed by atoms with E-state index in [1.54, 1.807) is 6.07 Å². The first-order chi connectivity index (χ1) is 11.7. The molecule has 24 heavy (non-hydrogen) atoms. The Morgan fingerprint density at radius 1 is 1.29 bits per heavy atom. The molecule has 2 heterocycles. The molecule has 1 saturated heterocycles. The van der Waals surface area contributed by atoms with E-state index < -0.39 is 5.97 Å². The van der Waals surface area contributed by atoms with Gasteiger partial charge in [-0.25, -0.2) is 9.97 Å². The summed E-state index contributed by atoms with van der Waals surface area (Å²) in [5, 5.41) is 21.4.